The first-order chi connectivity index (χ1) is 9.58. The summed E-state index contributed by atoms with van der Waals surface area (Å²) in [6, 6.07) is 7.98. The van der Waals surface area contributed by atoms with Gasteiger partial charge in [0, 0.05) is 5.39 Å². The number of halogens is 3. The van der Waals surface area contributed by atoms with E-state index in [1.54, 1.807) is 12.1 Å². The zero-order valence-electron chi connectivity index (χ0n) is 12.2. The summed E-state index contributed by atoms with van der Waals surface area (Å²) in [6.07, 6.45) is -4.48. The van der Waals surface area contributed by atoms with Crippen LogP contribution in [0.3, 0.4) is 0 Å². The highest BCUT2D eigenvalue weighted by molar-refractivity contribution is 5.89. The largest absolute Gasteiger partial charge is 0.487 e. The minimum absolute atomic E-state index is 0.000417. The molecule has 0 amide bonds. The molecular formula is C16H18F3NO. The summed E-state index contributed by atoms with van der Waals surface area (Å²) in [4.78, 5) is 0. The molecule has 0 unspecified atom stereocenters. The lowest BCUT2D eigenvalue weighted by Gasteiger charge is -2.24. The molecular weight excluding hydrogens is 279 g/mol. The van der Waals surface area contributed by atoms with Crippen LogP contribution in [0.4, 0.5) is 13.2 Å². The van der Waals surface area contributed by atoms with Crippen LogP contribution in [-0.2, 0) is 0 Å². The Kier molecular flexibility index (Phi) is 3.89. The summed E-state index contributed by atoms with van der Waals surface area (Å²) in [5.41, 5.74) is 4.81. The lowest BCUT2D eigenvalue weighted by Crippen LogP contribution is -2.29. The molecule has 2 N–H and O–H groups in total. The molecule has 2 nitrogen and oxygen atoms in total. The molecule has 2 aromatic rings. The maximum Gasteiger partial charge on any atom is 0.407 e. The molecule has 0 aliphatic heterocycles. The van der Waals surface area contributed by atoms with Gasteiger partial charge in [0.1, 0.15) is 17.4 Å². The molecule has 0 saturated carbocycles. The average molecular weight is 297 g/mol. The predicted molar refractivity (Wildman–Crippen MR) is 77.3 cm³/mol. The number of hydrogen-bond donors (Lipinski definition) is 1. The van der Waals surface area contributed by atoms with Crippen LogP contribution < -0.4 is 10.5 Å². The molecule has 0 saturated heterocycles. The molecule has 0 aliphatic rings. The summed E-state index contributed by atoms with van der Waals surface area (Å²) >= 11 is 0. The van der Waals surface area contributed by atoms with Crippen molar-refractivity contribution in [1.82, 2.24) is 0 Å². The number of alkyl halides is 3. The van der Waals surface area contributed by atoms with Gasteiger partial charge in [-0.25, -0.2) is 0 Å². The molecule has 0 bridgehead atoms. The van der Waals surface area contributed by atoms with Crippen LogP contribution in [0.1, 0.15) is 32.4 Å². The van der Waals surface area contributed by atoms with Crippen LogP contribution in [0.25, 0.3) is 10.8 Å². The highest BCUT2D eigenvalue weighted by Crippen LogP contribution is 2.36. The Morgan fingerprint density at radius 1 is 1.05 bits per heavy atom. The number of benzene rings is 2. The molecule has 0 spiro atoms. The second-order valence-electron chi connectivity index (χ2n) is 5.97. The average Bonchev–Trinajstić information content (AvgIpc) is 2.34. The van der Waals surface area contributed by atoms with E-state index in [9.17, 15) is 13.2 Å². The van der Waals surface area contributed by atoms with E-state index in [2.05, 4.69) is 0 Å². The molecule has 2 rings (SSSR count). The fourth-order valence-electron chi connectivity index (χ4n) is 2.08. The van der Waals surface area contributed by atoms with E-state index in [0.29, 0.717) is 11.1 Å². The molecule has 0 aliphatic carbocycles. The van der Waals surface area contributed by atoms with Crippen LogP contribution >= 0.6 is 0 Å². The van der Waals surface area contributed by atoms with Gasteiger partial charge in [-0.2, -0.15) is 13.2 Å². The quantitative estimate of drug-likeness (QED) is 0.880. The standard InChI is InChI=1S/C16H18F3NO/c1-15(2,3)21-13-9-11(14(20)16(17,18)19)8-10-6-4-5-7-12(10)13/h4-9,14H,20H2,1-3H3/t14-/m0/s1. The van der Waals surface area contributed by atoms with Crippen molar-refractivity contribution in [2.45, 2.75) is 38.6 Å². The minimum atomic E-state index is -4.48. The lowest BCUT2D eigenvalue weighted by atomic mass is 10.0. The van der Waals surface area contributed by atoms with Gasteiger partial charge in [0.15, 0.2) is 0 Å². The second-order valence-corrected chi connectivity index (χ2v) is 5.97. The zero-order valence-corrected chi connectivity index (χ0v) is 12.2. The first-order valence-corrected chi connectivity index (χ1v) is 6.62. The molecule has 0 aromatic heterocycles. The van der Waals surface area contributed by atoms with Gasteiger partial charge in [0.05, 0.1) is 0 Å². The summed E-state index contributed by atoms with van der Waals surface area (Å²) in [5, 5.41) is 1.44. The molecule has 114 valence electrons. The number of rotatable bonds is 2. The molecule has 0 heterocycles. The highest BCUT2D eigenvalue weighted by Gasteiger charge is 2.38. The van der Waals surface area contributed by atoms with Crippen molar-refractivity contribution in [3.8, 4) is 5.75 Å². The highest BCUT2D eigenvalue weighted by atomic mass is 19.4. The molecule has 2 aromatic carbocycles. The number of nitrogens with two attached hydrogens (primary N) is 1. The maximum absolute atomic E-state index is 12.8. The first-order valence-electron chi connectivity index (χ1n) is 6.62. The Labute approximate surface area is 121 Å². The van der Waals surface area contributed by atoms with Crippen LogP contribution in [0.5, 0.6) is 5.75 Å². The van der Waals surface area contributed by atoms with Crippen molar-refractivity contribution in [1.29, 1.82) is 0 Å². The van der Waals surface area contributed by atoms with Gasteiger partial charge in [-0.15, -0.1) is 0 Å². The Morgan fingerprint density at radius 2 is 1.67 bits per heavy atom. The van der Waals surface area contributed by atoms with E-state index in [4.69, 9.17) is 10.5 Å². The second kappa shape index (κ2) is 5.22. The van der Waals surface area contributed by atoms with E-state index < -0.39 is 17.8 Å². The van der Waals surface area contributed by atoms with Gasteiger partial charge >= 0.3 is 6.18 Å². The monoisotopic (exact) mass is 297 g/mol. The Hall–Kier alpha value is -1.75. The predicted octanol–water partition coefficient (Wildman–Crippen LogP) is 4.58. The van der Waals surface area contributed by atoms with E-state index in [0.717, 1.165) is 5.39 Å². The van der Waals surface area contributed by atoms with Gasteiger partial charge in [-0.05, 0) is 43.9 Å². The topological polar surface area (TPSA) is 35.2 Å². The third-order valence-electron chi connectivity index (χ3n) is 2.97. The van der Waals surface area contributed by atoms with E-state index in [-0.39, 0.29) is 5.56 Å². The van der Waals surface area contributed by atoms with Crippen LogP contribution in [0, 0.1) is 0 Å². The summed E-state index contributed by atoms with van der Waals surface area (Å²) in [5.74, 6) is 0.412. The van der Waals surface area contributed by atoms with Crippen molar-refractivity contribution in [2.75, 3.05) is 0 Å². The zero-order chi connectivity index (χ0) is 15.8. The smallest absolute Gasteiger partial charge is 0.407 e. The first kappa shape index (κ1) is 15.6. The van der Waals surface area contributed by atoms with Gasteiger partial charge < -0.3 is 10.5 Å². The van der Waals surface area contributed by atoms with Gasteiger partial charge in [0.2, 0.25) is 0 Å². The normalized spacial score (nSPS) is 14.2. The van der Waals surface area contributed by atoms with Crippen molar-refractivity contribution in [3.63, 3.8) is 0 Å². The third-order valence-corrected chi connectivity index (χ3v) is 2.97. The lowest BCUT2D eigenvalue weighted by molar-refractivity contribution is -0.149. The van der Waals surface area contributed by atoms with Crippen molar-refractivity contribution < 1.29 is 17.9 Å². The van der Waals surface area contributed by atoms with E-state index in [1.165, 1.54) is 12.1 Å². The van der Waals surface area contributed by atoms with Gasteiger partial charge in [-0.3, -0.25) is 0 Å². The van der Waals surface area contributed by atoms with Crippen LogP contribution in [0.2, 0.25) is 0 Å². The van der Waals surface area contributed by atoms with E-state index in [1.807, 2.05) is 32.9 Å². The summed E-state index contributed by atoms with van der Waals surface area (Å²) < 4.78 is 44.3. The maximum atomic E-state index is 12.8. The molecule has 5 heteroatoms. The minimum Gasteiger partial charge on any atom is -0.487 e. The molecule has 0 radical (unpaired) electrons. The fraction of sp³-hybridized carbons (Fsp3) is 0.375. The van der Waals surface area contributed by atoms with Crippen molar-refractivity contribution >= 4 is 10.8 Å². The van der Waals surface area contributed by atoms with Crippen LogP contribution in [-0.4, -0.2) is 11.8 Å². The number of hydrogen-bond acceptors (Lipinski definition) is 2. The molecule has 21 heavy (non-hydrogen) atoms. The summed E-state index contributed by atoms with van der Waals surface area (Å²) in [6.45, 7) is 5.54. The number of ether oxygens (including phenoxy) is 1. The SMILES string of the molecule is CC(C)(C)Oc1cc([C@H](N)C(F)(F)F)cc2ccccc12. The van der Waals surface area contributed by atoms with Gasteiger partial charge in [-0.1, -0.05) is 24.3 Å². The fourth-order valence-corrected chi connectivity index (χ4v) is 2.08. The number of fused-ring (bicyclic) bond motifs is 1. The van der Waals surface area contributed by atoms with E-state index >= 15 is 0 Å². The molecule has 0 fully saturated rings. The Morgan fingerprint density at radius 3 is 2.24 bits per heavy atom. The third kappa shape index (κ3) is 3.67. The van der Waals surface area contributed by atoms with Crippen LogP contribution in [0.15, 0.2) is 36.4 Å². The Balaban J connectivity index is 2.60. The summed E-state index contributed by atoms with van der Waals surface area (Å²) in [7, 11) is 0. The Bertz CT molecular complexity index is 644. The van der Waals surface area contributed by atoms with Crippen molar-refractivity contribution in [3.05, 3.63) is 42.0 Å². The van der Waals surface area contributed by atoms with Gasteiger partial charge in [0.25, 0.3) is 0 Å². The molecule has 1 atom stereocenters. The van der Waals surface area contributed by atoms with Crippen molar-refractivity contribution in [2.24, 2.45) is 5.73 Å².